The molecule has 0 radical (unpaired) electrons. The molecule has 8 heteroatoms. The summed E-state index contributed by atoms with van der Waals surface area (Å²) in [6.07, 6.45) is 36.0. The molecule has 0 bridgehead atoms. The van der Waals surface area contributed by atoms with Gasteiger partial charge in [0, 0.05) is 0 Å². The normalized spacial score (nSPS) is 12.1. The van der Waals surface area contributed by atoms with Gasteiger partial charge in [-0.15, -0.1) is 0 Å². The largest absolute Gasteiger partial charge is 0.465 e. The molecule has 0 aliphatic rings. The van der Waals surface area contributed by atoms with E-state index >= 15 is 0 Å². The molecule has 2 rings (SSSR count). The molecule has 0 saturated carbocycles. The lowest BCUT2D eigenvalue weighted by atomic mass is 9.82. The van der Waals surface area contributed by atoms with Crippen LogP contribution in [0.25, 0.3) is 11.1 Å². The molecule has 0 N–H and O–H groups in total. The molecule has 0 aromatic heterocycles. The number of hydrogen-bond acceptors (Lipinski definition) is 8. The number of benzene rings is 2. The van der Waals surface area contributed by atoms with Gasteiger partial charge in [0.05, 0.1) is 49.4 Å². The summed E-state index contributed by atoms with van der Waals surface area (Å²) in [5.74, 6) is -3.84. The summed E-state index contributed by atoms with van der Waals surface area (Å²) < 4.78 is 23.4. The Bertz CT molecular complexity index is 1580. The molecular formula is C59H96O8. The molecule has 0 saturated heterocycles. The van der Waals surface area contributed by atoms with Crippen LogP contribution < -0.4 is 0 Å². The summed E-state index contributed by atoms with van der Waals surface area (Å²) in [4.78, 5) is 55.6. The van der Waals surface area contributed by atoms with Crippen LogP contribution in [0.2, 0.25) is 0 Å². The Labute approximate surface area is 409 Å². The number of esters is 4. The van der Waals surface area contributed by atoms with Gasteiger partial charge in [-0.05, 0) is 54.5 Å². The standard InChI is InChI=1S/C59H96O8/c1-6-10-14-18-22-26-30-36-44-64-56(60)49(5)55(59(63)67-47-39-33-29-25-21-17-13-9-4)52-41-35-34-40-51(52)50-42-43-53(57(61)65-45-37-31-27-23-19-15-11-7-2)54(48-50)58(62)66-46-38-32-28-24-20-16-12-8-3/h34-35,40-43,48-49,55H,6-33,36-39,44-47H2,1-5H3. The van der Waals surface area contributed by atoms with Crippen LogP contribution in [0, 0.1) is 5.92 Å². The molecule has 2 unspecified atom stereocenters. The molecule has 0 aliphatic carbocycles. The Morgan fingerprint density at radius 2 is 0.731 bits per heavy atom. The Balaban J connectivity index is 2.34. The fourth-order valence-corrected chi connectivity index (χ4v) is 8.82. The lowest BCUT2D eigenvalue weighted by Crippen LogP contribution is -2.30. The second-order valence-electron chi connectivity index (χ2n) is 19.1. The first-order valence-corrected chi connectivity index (χ1v) is 27.7. The number of hydrogen-bond donors (Lipinski definition) is 0. The molecule has 0 amide bonds. The lowest BCUT2D eigenvalue weighted by Gasteiger charge is -2.24. The van der Waals surface area contributed by atoms with E-state index in [-0.39, 0.29) is 30.9 Å². The van der Waals surface area contributed by atoms with Crippen LogP contribution >= 0.6 is 0 Å². The van der Waals surface area contributed by atoms with Crippen LogP contribution in [0.15, 0.2) is 42.5 Å². The molecular weight excluding hydrogens is 837 g/mol. The highest BCUT2D eigenvalue weighted by molar-refractivity contribution is 6.04. The van der Waals surface area contributed by atoms with E-state index in [4.69, 9.17) is 18.9 Å². The average molecular weight is 933 g/mol. The lowest BCUT2D eigenvalue weighted by molar-refractivity contribution is -0.156. The maximum atomic E-state index is 14.2. The Kier molecular flexibility index (Phi) is 35.7. The monoisotopic (exact) mass is 933 g/mol. The van der Waals surface area contributed by atoms with Crippen molar-refractivity contribution in [2.45, 2.75) is 246 Å². The minimum absolute atomic E-state index is 0.124. The first-order chi connectivity index (χ1) is 32.8. The third-order valence-electron chi connectivity index (χ3n) is 13.1. The van der Waals surface area contributed by atoms with Crippen molar-refractivity contribution >= 4 is 23.9 Å². The number of rotatable bonds is 43. The molecule has 2 aromatic carbocycles. The van der Waals surface area contributed by atoms with Gasteiger partial charge in [-0.1, -0.05) is 245 Å². The number of unbranched alkanes of at least 4 members (excludes halogenated alkanes) is 28. The zero-order valence-corrected chi connectivity index (χ0v) is 43.4. The molecule has 0 spiro atoms. The third kappa shape index (κ3) is 26.6. The van der Waals surface area contributed by atoms with E-state index in [9.17, 15) is 19.2 Å². The fourth-order valence-electron chi connectivity index (χ4n) is 8.82. The minimum atomic E-state index is -0.954. The van der Waals surface area contributed by atoms with Crippen LogP contribution in [-0.4, -0.2) is 50.3 Å². The van der Waals surface area contributed by atoms with Crippen molar-refractivity contribution in [2.75, 3.05) is 26.4 Å². The van der Waals surface area contributed by atoms with Gasteiger partial charge in [-0.3, -0.25) is 9.59 Å². The van der Waals surface area contributed by atoms with Gasteiger partial charge in [-0.2, -0.15) is 0 Å². The molecule has 8 nitrogen and oxygen atoms in total. The van der Waals surface area contributed by atoms with Gasteiger partial charge in [0.15, 0.2) is 0 Å². The van der Waals surface area contributed by atoms with E-state index in [1.807, 2.05) is 24.3 Å². The van der Waals surface area contributed by atoms with Crippen molar-refractivity contribution in [3.8, 4) is 11.1 Å². The summed E-state index contributed by atoms with van der Waals surface area (Å²) in [6, 6.07) is 12.6. The fraction of sp³-hybridized carbons (Fsp3) is 0.729. The first kappa shape index (κ1) is 59.4. The zero-order valence-electron chi connectivity index (χ0n) is 43.4. The van der Waals surface area contributed by atoms with Crippen molar-refractivity contribution < 1.29 is 38.1 Å². The highest BCUT2D eigenvalue weighted by Crippen LogP contribution is 2.36. The maximum absolute atomic E-state index is 14.2. The second kappa shape index (κ2) is 40.2. The molecule has 2 aromatic rings. The van der Waals surface area contributed by atoms with Crippen LogP contribution in [0.5, 0.6) is 0 Å². The predicted octanol–water partition coefficient (Wildman–Crippen LogP) is 17.0. The van der Waals surface area contributed by atoms with Crippen LogP contribution in [0.4, 0.5) is 0 Å². The van der Waals surface area contributed by atoms with Crippen molar-refractivity contribution in [3.05, 3.63) is 59.2 Å². The molecule has 0 heterocycles. The summed E-state index contributed by atoms with van der Waals surface area (Å²) in [5, 5.41) is 0. The molecule has 2 atom stereocenters. The van der Waals surface area contributed by atoms with Gasteiger partial charge < -0.3 is 18.9 Å². The summed E-state index contributed by atoms with van der Waals surface area (Å²) >= 11 is 0. The number of carbonyl (C=O) groups is 4. The number of carbonyl (C=O) groups excluding carboxylic acids is 4. The smallest absolute Gasteiger partial charge is 0.339 e. The quantitative estimate of drug-likeness (QED) is 0.0368. The van der Waals surface area contributed by atoms with Crippen molar-refractivity contribution in [2.24, 2.45) is 5.92 Å². The van der Waals surface area contributed by atoms with E-state index in [2.05, 4.69) is 27.7 Å². The van der Waals surface area contributed by atoms with Gasteiger partial charge in [0.25, 0.3) is 0 Å². The summed E-state index contributed by atoms with van der Waals surface area (Å²) in [5.41, 5.74) is 2.16. The van der Waals surface area contributed by atoms with E-state index < -0.39 is 35.7 Å². The second-order valence-corrected chi connectivity index (χ2v) is 19.1. The average Bonchev–Trinajstić information content (AvgIpc) is 3.34. The van der Waals surface area contributed by atoms with E-state index in [0.29, 0.717) is 23.3 Å². The highest BCUT2D eigenvalue weighted by atomic mass is 16.5. The Hall–Kier alpha value is -3.68. The zero-order chi connectivity index (χ0) is 48.6. The van der Waals surface area contributed by atoms with E-state index in [0.717, 1.165) is 77.0 Å². The molecule has 380 valence electrons. The highest BCUT2D eigenvalue weighted by Gasteiger charge is 2.36. The Morgan fingerprint density at radius 3 is 1.15 bits per heavy atom. The van der Waals surface area contributed by atoms with Gasteiger partial charge in [0.2, 0.25) is 0 Å². The topological polar surface area (TPSA) is 105 Å². The maximum Gasteiger partial charge on any atom is 0.339 e. The molecule has 0 fully saturated rings. The van der Waals surface area contributed by atoms with E-state index in [1.54, 1.807) is 25.1 Å². The molecule has 0 aliphatic heterocycles. The van der Waals surface area contributed by atoms with Crippen LogP contribution in [-0.2, 0) is 28.5 Å². The molecule has 67 heavy (non-hydrogen) atoms. The van der Waals surface area contributed by atoms with Gasteiger partial charge in [0.1, 0.15) is 0 Å². The van der Waals surface area contributed by atoms with Crippen LogP contribution in [0.1, 0.15) is 272 Å². The first-order valence-electron chi connectivity index (χ1n) is 27.7. The van der Waals surface area contributed by atoms with E-state index in [1.165, 1.54) is 128 Å². The minimum Gasteiger partial charge on any atom is -0.465 e. The van der Waals surface area contributed by atoms with Crippen molar-refractivity contribution in [3.63, 3.8) is 0 Å². The number of ether oxygens (including phenoxy) is 4. The van der Waals surface area contributed by atoms with Gasteiger partial charge in [-0.25, -0.2) is 9.59 Å². The summed E-state index contributed by atoms with van der Waals surface area (Å²) in [7, 11) is 0. The van der Waals surface area contributed by atoms with Crippen molar-refractivity contribution in [1.29, 1.82) is 0 Å². The van der Waals surface area contributed by atoms with Gasteiger partial charge >= 0.3 is 23.9 Å². The predicted molar refractivity (Wildman–Crippen MR) is 277 cm³/mol. The van der Waals surface area contributed by atoms with Crippen molar-refractivity contribution in [1.82, 2.24) is 0 Å². The third-order valence-corrected chi connectivity index (χ3v) is 13.1. The van der Waals surface area contributed by atoms with Crippen LogP contribution in [0.3, 0.4) is 0 Å². The summed E-state index contributed by atoms with van der Waals surface area (Å²) in [6.45, 7) is 11.7. The SMILES string of the molecule is CCCCCCCCCCOC(=O)c1ccc(-c2ccccc2C(C(=O)OCCCCCCCCCC)C(C)C(=O)OCCCCCCCCCC)cc1C(=O)OCCCCCCCCCC. The Morgan fingerprint density at radius 1 is 0.388 bits per heavy atom.